The number of benzene rings is 3. The van der Waals surface area contributed by atoms with Crippen molar-refractivity contribution in [1.29, 1.82) is 0 Å². The van der Waals surface area contributed by atoms with Gasteiger partial charge < -0.3 is 0 Å². The quantitative estimate of drug-likeness (QED) is 0.734. The first-order chi connectivity index (χ1) is 11.9. The number of nitrogens with one attached hydrogen (secondary N) is 1. The summed E-state index contributed by atoms with van der Waals surface area (Å²) in [6.45, 7) is 3.75. The monoisotopic (exact) mass is 351 g/mol. The summed E-state index contributed by atoms with van der Waals surface area (Å²) in [5.74, 6) is 0. The van der Waals surface area contributed by atoms with Gasteiger partial charge in [0, 0.05) is 6.04 Å². The van der Waals surface area contributed by atoms with Crippen LogP contribution < -0.4 is 4.72 Å². The van der Waals surface area contributed by atoms with Crippen molar-refractivity contribution < 1.29 is 8.42 Å². The predicted molar refractivity (Wildman–Crippen MR) is 104 cm³/mol. The summed E-state index contributed by atoms with van der Waals surface area (Å²) in [6, 6.07) is 20.9. The highest BCUT2D eigenvalue weighted by molar-refractivity contribution is 7.89. The first-order valence-corrected chi connectivity index (χ1v) is 9.68. The number of fused-ring (bicyclic) bond motifs is 1. The lowest BCUT2D eigenvalue weighted by Gasteiger charge is -2.11. The summed E-state index contributed by atoms with van der Waals surface area (Å²) in [5, 5.41) is 2.35. The Bertz CT molecular complexity index is 1010. The van der Waals surface area contributed by atoms with E-state index in [0.29, 0.717) is 0 Å². The van der Waals surface area contributed by atoms with Crippen molar-refractivity contribution in [3.05, 3.63) is 83.9 Å². The maximum Gasteiger partial charge on any atom is 0.241 e. The van der Waals surface area contributed by atoms with Crippen molar-refractivity contribution in [2.45, 2.75) is 24.8 Å². The third-order valence-electron chi connectivity index (χ3n) is 4.02. The highest BCUT2D eigenvalue weighted by atomic mass is 32.2. The van der Waals surface area contributed by atoms with Gasteiger partial charge in [0.1, 0.15) is 0 Å². The van der Waals surface area contributed by atoms with Crippen LogP contribution in [0.5, 0.6) is 0 Å². The van der Waals surface area contributed by atoms with Crippen LogP contribution >= 0.6 is 0 Å². The molecule has 0 aliphatic rings. The molecule has 0 aliphatic carbocycles. The average Bonchev–Trinajstić information content (AvgIpc) is 2.60. The molecule has 0 spiro atoms. The standard InChI is InChI=1S/C21H21NO2S/c1-16-7-13-21(14-8-16)25(23,24)22-17(2)9-10-18-11-12-19-5-3-4-6-20(19)15-18/h3-15,17,22H,1-2H3/b10-9+. The van der Waals surface area contributed by atoms with Gasteiger partial charge >= 0.3 is 0 Å². The topological polar surface area (TPSA) is 46.2 Å². The van der Waals surface area contributed by atoms with E-state index in [2.05, 4.69) is 29.0 Å². The number of rotatable bonds is 5. The molecule has 0 saturated heterocycles. The molecule has 128 valence electrons. The fourth-order valence-corrected chi connectivity index (χ4v) is 3.83. The first kappa shape index (κ1) is 17.4. The first-order valence-electron chi connectivity index (χ1n) is 8.20. The van der Waals surface area contributed by atoms with E-state index in [1.807, 2.05) is 44.2 Å². The number of aryl methyl sites for hydroxylation is 1. The summed E-state index contributed by atoms with van der Waals surface area (Å²) in [5.41, 5.74) is 2.07. The molecule has 0 radical (unpaired) electrons. The van der Waals surface area contributed by atoms with Gasteiger partial charge in [-0.25, -0.2) is 13.1 Å². The number of sulfonamides is 1. The Kier molecular flexibility index (Phi) is 5.02. The molecule has 0 bridgehead atoms. The summed E-state index contributed by atoms with van der Waals surface area (Å²) in [7, 11) is -3.52. The lowest BCUT2D eigenvalue weighted by molar-refractivity contribution is 0.576. The van der Waals surface area contributed by atoms with Crippen molar-refractivity contribution in [2.75, 3.05) is 0 Å². The Morgan fingerprint density at radius 1 is 0.920 bits per heavy atom. The van der Waals surface area contributed by atoms with Gasteiger partial charge in [0.15, 0.2) is 0 Å². The fourth-order valence-electron chi connectivity index (χ4n) is 2.64. The van der Waals surface area contributed by atoms with Crippen molar-refractivity contribution in [1.82, 2.24) is 4.72 Å². The molecule has 1 N–H and O–H groups in total. The molecule has 1 atom stereocenters. The van der Waals surface area contributed by atoms with Gasteiger partial charge in [-0.3, -0.25) is 0 Å². The Labute approximate surface area is 149 Å². The largest absolute Gasteiger partial charge is 0.241 e. The second-order valence-corrected chi connectivity index (χ2v) is 7.90. The van der Waals surface area contributed by atoms with E-state index in [9.17, 15) is 8.42 Å². The van der Waals surface area contributed by atoms with E-state index in [0.717, 1.165) is 16.5 Å². The van der Waals surface area contributed by atoms with Crippen LogP contribution in [-0.2, 0) is 10.0 Å². The van der Waals surface area contributed by atoms with Crippen LogP contribution in [0.4, 0.5) is 0 Å². The minimum atomic E-state index is -3.52. The lowest BCUT2D eigenvalue weighted by Crippen LogP contribution is -2.31. The normalized spacial score (nSPS) is 13.4. The third-order valence-corrected chi connectivity index (χ3v) is 5.60. The Hall–Kier alpha value is -2.43. The van der Waals surface area contributed by atoms with E-state index in [4.69, 9.17) is 0 Å². The molecule has 1 unspecified atom stereocenters. The third kappa shape index (κ3) is 4.35. The summed E-state index contributed by atoms with van der Waals surface area (Å²) in [6.07, 6.45) is 3.80. The van der Waals surface area contributed by atoms with E-state index < -0.39 is 10.0 Å². The fraction of sp³-hybridized carbons (Fsp3) is 0.143. The molecule has 4 heteroatoms. The summed E-state index contributed by atoms with van der Waals surface area (Å²) >= 11 is 0. The van der Waals surface area contributed by atoms with Crippen LogP contribution in [0.2, 0.25) is 0 Å². The molecule has 3 aromatic carbocycles. The Morgan fingerprint density at radius 3 is 2.32 bits per heavy atom. The molecule has 0 saturated carbocycles. The Balaban J connectivity index is 1.73. The van der Waals surface area contributed by atoms with Crippen LogP contribution in [-0.4, -0.2) is 14.5 Å². The Morgan fingerprint density at radius 2 is 1.60 bits per heavy atom. The molecule has 0 aromatic heterocycles. The molecule has 0 heterocycles. The molecule has 3 nitrogen and oxygen atoms in total. The zero-order valence-corrected chi connectivity index (χ0v) is 15.1. The van der Waals surface area contributed by atoms with E-state index in [-0.39, 0.29) is 10.9 Å². The van der Waals surface area contributed by atoms with Gasteiger partial charge in [0.2, 0.25) is 10.0 Å². The SMILES string of the molecule is Cc1ccc(S(=O)(=O)NC(C)/C=C/c2ccc3ccccc3c2)cc1. The minimum Gasteiger partial charge on any atom is -0.207 e. The number of hydrogen-bond donors (Lipinski definition) is 1. The van der Waals surface area contributed by atoms with Gasteiger partial charge in [-0.05, 0) is 48.4 Å². The molecule has 0 amide bonds. The molecular formula is C21H21NO2S. The minimum absolute atomic E-state index is 0.282. The van der Waals surface area contributed by atoms with Gasteiger partial charge in [0.25, 0.3) is 0 Å². The van der Waals surface area contributed by atoms with Crippen molar-refractivity contribution in [2.24, 2.45) is 0 Å². The molecule has 0 fully saturated rings. The highest BCUT2D eigenvalue weighted by Gasteiger charge is 2.15. The van der Waals surface area contributed by atoms with Crippen molar-refractivity contribution >= 4 is 26.9 Å². The maximum absolute atomic E-state index is 12.4. The van der Waals surface area contributed by atoms with E-state index >= 15 is 0 Å². The van der Waals surface area contributed by atoms with E-state index in [1.54, 1.807) is 24.3 Å². The highest BCUT2D eigenvalue weighted by Crippen LogP contribution is 2.17. The van der Waals surface area contributed by atoms with Gasteiger partial charge in [-0.2, -0.15) is 0 Å². The van der Waals surface area contributed by atoms with Gasteiger partial charge in [-0.1, -0.05) is 66.2 Å². The molecular weight excluding hydrogens is 330 g/mol. The molecule has 25 heavy (non-hydrogen) atoms. The van der Waals surface area contributed by atoms with Crippen LogP contribution in [0.3, 0.4) is 0 Å². The zero-order valence-electron chi connectivity index (χ0n) is 14.3. The van der Waals surface area contributed by atoms with Gasteiger partial charge in [0.05, 0.1) is 4.90 Å². The van der Waals surface area contributed by atoms with Crippen LogP contribution in [0.15, 0.2) is 77.7 Å². The lowest BCUT2D eigenvalue weighted by atomic mass is 10.1. The van der Waals surface area contributed by atoms with Crippen LogP contribution in [0.25, 0.3) is 16.8 Å². The summed E-state index contributed by atoms with van der Waals surface area (Å²) < 4.78 is 27.5. The average molecular weight is 351 g/mol. The maximum atomic E-state index is 12.4. The van der Waals surface area contributed by atoms with Crippen LogP contribution in [0.1, 0.15) is 18.1 Å². The second kappa shape index (κ2) is 7.21. The number of hydrogen-bond acceptors (Lipinski definition) is 2. The van der Waals surface area contributed by atoms with E-state index in [1.165, 1.54) is 5.39 Å². The smallest absolute Gasteiger partial charge is 0.207 e. The van der Waals surface area contributed by atoms with Crippen molar-refractivity contribution in [3.63, 3.8) is 0 Å². The molecule has 3 aromatic rings. The van der Waals surface area contributed by atoms with Gasteiger partial charge in [-0.15, -0.1) is 0 Å². The predicted octanol–water partition coefficient (Wildman–Crippen LogP) is 4.53. The second-order valence-electron chi connectivity index (χ2n) is 6.19. The zero-order chi connectivity index (χ0) is 17.9. The molecule has 3 rings (SSSR count). The van der Waals surface area contributed by atoms with Crippen molar-refractivity contribution in [3.8, 4) is 0 Å². The molecule has 0 aliphatic heterocycles. The van der Waals surface area contributed by atoms with Crippen LogP contribution in [0, 0.1) is 6.92 Å². The summed E-state index contributed by atoms with van der Waals surface area (Å²) in [4.78, 5) is 0.282.